The lowest BCUT2D eigenvalue weighted by atomic mass is 10.0. The minimum Gasteiger partial charge on any atom is -0.495 e. The highest BCUT2D eigenvalue weighted by Gasteiger charge is 2.41. The van der Waals surface area contributed by atoms with Crippen LogP contribution >= 0.6 is 0 Å². The Balaban J connectivity index is 1.34. The van der Waals surface area contributed by atoms with E-state index in [4.69, 9.17) is 14.2 Å². The van der Waals surface area contributed by atoms with Gasteiger partial charge >= 0.3 is 0 Å². The Labute approximate surface area is 217 Å². The summed E-state index contributed by atoms with van der Waals surface area (Å²) in [4.78, 5) is 20.5. The van der Waals surface area contributed by atoms with Crippen molar-refractivity contribution in [2.75, 3.05) is 63.9 Å². The number of ether oxygens (including phenoxy) is 3. The summed E-state index contributed by atoms with van der Waals surface area (Å²) in [5, 5.41) is 7.13. The van der Waals surface area contributed by atoms with Gasteiger partial charge in [-0.25, -0.2) is 9.99 Å². The fourth-order valence-electron chi connectivity index (χ4n) is 4.86. The number of hydrogen-bond donors (Lipinski definition) is 1. The summed E-state index contributed by atoms with van der Waals surface area (Å²) < 4.78 is 17.2. The lowest BCUT2D eigenvalue weighted by Crippen LogP contribution is -2.46. The van der Waals surface area contributed by atoms with E-state index >= 15 is 0 Å². The zero-order chi connectivity index (χ0) is 25.6. The van der Waals surface area contributed by atoms with E-state index in [1.165, 1.54) is 0 Å². The molecule has 0 spiro atoms. The zero-order valence-corrected chi connectivity index (χ0v) is 21.3. The van der Waals surface area contributed by atoms with E-state index in [1.807, 2.05) is 66.7 Å². The van der Waals surface area contributed by atoms with Crippen LogP contribution in [0, 0.1) is 0 Å². The van der Waals surface area contributed by atoms with E-state index in [0.29, 0.717) is 18.2 Å². The monoisotopic (exact) mass is 503 g/mol. The van der Waals surface area contributed by atoms with Gasteiger partial charge in [-0.1, -0.05) is 42.5 Å². The van der Waals surface area contributed by atoms with Crippen molar-refractivity contribution in [2.24, 2.45) is 0 Å². The SMILES string of the molecule is COc1cccc2c1N(CCN1CCOCC1)N(C)C2C(=O)Nc1ncccc1OCc1ccccc1. The topological polar surface area (TPSA) is 79.4 Å². The van der Waals surface area contributed by atoms with Gasteiger partial charge in [0.05, 0.1) is 26.0 Å². The first-order chi connectivity index (χ1) is 18.2. The number of para-hydroxylation sites is 1. The van der Waals surface area contributed by atoms with Gasteiger partial charge in [-0.05, 0) is 23.8 Å². The number of morpholine rings is 1. The number of fused-ring (bicyclic) bond motifs is 1. The van der Waals surface area contributed by atoms with Crippen molar-refractivity contribution in [1.82, 2.24) is 14.9 Å². The molecule has 1 atom stereocenters. The van der Waals surface area contributed by atoms with Gasteiger partial charge in [0.15, 0.2) is 11.6 Å². The number of carbonyl (C=O) groups excluding carboxylic acids is 1. The molecule has 9 heteroatoms. The minimum atomic E-state index is -0.543. The van der Waals surface area contributed by atoms with E-state index in [-0.39, 0.29) is 5.91 Å². The molecule has 0 aliphatic carbocycles. The molecule has 9 nitrogen and oxygen atoms in total. The van der Waals surface area contributed by atoms with Crippen LogP contribution in [-0.4, -0.2) is 74.4 Å². The molecule has 194 valence electrons. The van der Waals surface area contributed by atoms with Crippen molar-refractivity contribution < 1.29 is 19.0 Å². The average Bonchev–Trinajstić information content (AvgIpc) is 3.23. The maximum absolute atomic E-state index is 13.7. The molecule has 3 aromatic rings. The van der Waals surface area contributed by atoms with Gasteiger partial charge in [0.2, 0.25) is 5.91 Å². The molecular formula is C28H33N5O4. The number of pyridine rings is 1. The highest BCUT2D eigenvalue weighted by atomic mass is 16.5. The molecule has 5 rings (SSSR count). The van der Waals surface area contributed by atoms with E-state index < -0.39 is 6.04 Å². The Morgan fingerprint density at radius 2 is 1.81 bits per heavy atom. The number of rotatable bonds is 9. The first kappa shape index (κ1) is 25.0. The second-order valence-corrected chi connectivity index (χ2v) is 9.07. The Morgan fingerprint density at radius 1 is 1.03 bits per heavy atom. The van der Waals surface area contributed by atoms with Crippen LogP contribution in [0.15, 0.2) is 66.9 Å². The van der Waals surface area contributed by atoms with Gasteiger partial charge in [-0.3, -0.25) is 14.7 Å². The van der Waals surface area contributed by atoms with Crippen LogP contribution in [0.3, 0.4) is 0 Å². The van der Waals surface area contributed by atoms with E-state index in [1.54, 1.807) is 19.4 Å². The Kier molecular flexibility index (Phi) is 7.84. The number of hydrazine groups is 1. The number of carbonyl (C=O) groups is 1. The summed E-state index contributed by atoms with van der Waals surface area (Å²) in [5.41, 5.74) is 2.85. The molecule has 1 unspecified atom stereocenters. The van der Waals surface area contributed by atoms with Crippen LogP contribution in [0.2, 0.25) is 0 Å². The molecule has 0 bridgehead atoms. The zero-order valence-electron chi connectivity index (χ0n) is 21.3. The molecular weight excluding hydrogens is 470 g/mol. The molecule has 37 heavy (non-hydrogen) atoms. The van der Waals surface area contributed by atoms with Crippen molar-refractivity contribution in [2.45, 2.75) is 12.6 Å². The maximum Gasteiger partial charge on any atom is 0.249 e. The Bertz CT molecular complexity index is 1200. The van der Waals surface area contributed by atoms with E-state index in [0.717, 1.165) is 62.0 Å². The predicted molar refractivity (Wildman–Crippen MR) is 142 cm³/mol. The number of benzene rings is 2. The van der Waals surface area contributed by atoms with Crippen LogP contribution in [-0.2, 0) is 16.1 Å². The highest BCUT2D eigenvalue weighted by Crippen LogP contribution is 2.45. The van der Waals surface area contributed by atoms with Gasteiger partial charge < -0.3 is 19.5 Å². The molecule has 2 aromatic carbocycles. The number of hydrogen-bond acceptors (Lipinski definition) is 8. The summed E-state index contributed by atoms with van der Waals surface area (Å²) >= 11 is 0. The van der Waals surface area contributed by atoms with E-state index in [2.05, 4.69) is 20.2 Å². The van der Waals surface area contributed by atoms with Gasteiger partial charge in [0.1, 0.15) is 18.4 Å². The van der Waals surface area contributed by atoms with Gasteiger partial charge in [0, 0.05) is 45.0 Å². The molecule has 0 saturated carbocycles. The van der Waals surface area contributed by atoms with Crippen LogP contribution < -0.4 is 19.8 Å². The summed E-state index contributed by atoms with van der Waals surface area (Å²) in [6.45, 7) is 5.28. The van der Waals surface area contributed by atoms with Gasteiger partial charge in [0.25, 0.3) is 0 Å². The lowest BCUT2D eigenvalue weighted by molar-refractivity contribution is -0.120. The summed E-state index contributed by atoms with van der Waals surface area (Å²) in [6.07, 6.45) is 1.65. The second-order valence-electron chi connectivity index (χ2n) is 9.07. The number of anilines is 2. The van der Waals surface area contributed by atoms with Gasteiger partial charge in [-0.15, -0.1) is 0 Å². The standard InChI is InChI=1S/C28H33N5O4/c1-31-26(28(34)30-27-24(12-7-13-29-27)37-20-21-8-4-3-5-9-21)22-10-6-11-23(35-2)25(22)33(31)15-14-32-16-18-36-19-17-32/h3-13,26H,14-20H2,1-2H3,(H,29,30,34). The molecule has 1 amide bonds. The number of amides is 1. The molecule has 1 aromatic heterocycles. The summed E-state index contributed by atoms with van der Waals surface area (Å²) in [5.74, 6) is 1.48. The number of nitrogens with zero attached hydrogens (tertiary/aromatic N) is 4. The number of methoxy groups -OCH3 is 1. The molecule has 3 heterocycles. The Hall–Kier alpha value is -3.66. The minimum absolute atomic E-state index is 0.186. The van der Waals surface area contributed by atoms with Gasteiger partial charge in [-0.2, -0.15) is 0 Å². The highest BCUT2D eigenvalue weighted by molar-refractivity contribution is 5.98. The molecule has 1 N–H and O–H groups in total. The summed E-state index contributed by atoms with van der Waals surface area (Å²) in [7, 11) is 3.60. The van der Waals surface area contributed by atoms with Crippen LogP contribution in [0.25, 0.3) is 0 Å². The van der Waals surface area contributed by atoms with Crippen LogP contribution in [0.4, 0.5) is 11.5 Å². The summed E-state index contributed by atoms with van der Waals surface area (Å²) in [6, 6.07) is 18.8. The molecule has 2 aliphatic rings. The predicted octanol–water partition coefficient (Wildman–Crippen LogP) is 3.35. The van der Waals surface area contributed by atoms with Crippen LogP contribution in [0.1, 0.15) is 17.2 Å². The number of aromatic nitrogens is 1. The molecule has 1 saturated heterocycles. The van der Waals surface area contributed by atoms with Crippen LogP contribution in [0.5, 0.6) is 11.5 Å². The lowest BCUT2D eigenvalue weighted by Gasteiger charge is -2.33. The number of likely N-dealkylation sites (N-methyl/N-ethyl adjacent to an activating group) is 1. The van der Waals surface area contributed by atoms with Crippen molar-refractivity contribution >= 4 is 17.4 Å². The normalized spacial score (nSPS) is 17.9. The fourth-order valence-corrected chi connectivity index (χ4v) is 4.86. The largest absolute Gasteiger partial charge is 0.495 e. The van der Waals surface area contributed by atoms with Crippen molar-refractivity contribution in [3.05, 3.63) is 78.0 Å². The first-order valence-electron chi connectivity index (χ1n) is 12.6. The number of nitrogens with one attached hydrogen (secondary N) is 1. The molecule has 0 radical (unpaired) electrons. The Morgan fingerprint density at radius 3 is 2.59 bits per heavy atom. The third-order valence-electron chi connectivity index (χ3n) is 6.79. The molecule has 1 fully saturated rings. The first-order valence-corrected chi connectivity index (χ1v) is 12.6. The third kappa shape index (κ3) is 5.53. The third-order valence-corrected chi connectivity index (χ3v) is 6.79. The maximum atomic E-state index is 13.7. The van der Waals surface area contributed by atoms with Crippen molar-refractivity contribution in [3.8, 4) is 11.5 Å². The van der Waals surface area contributed by atoms with Crippen molar-refractivity contribution in [3.63, 3.8) is 0 Å². The second kappa shape index (κ2) is 11.6. The molecule has 2 aliphatic heterocycles. The fraction of sp³-hybridized carbons (Fsp3) is 0.357. The van der Waals surface area contributed by atoms with Crippen molar-refractivity contribution in [1.29, 1.82) is 0 Å². The van der Waals surface area contributed by atoms with E-state index in [9.17, 15) is 4.79 Å². The average molecular weight is 504 g/mol. The smallest absolute Gasteiger partial charge is 0.249 e. The quantitative estimate of drug-likeness (QED) is 0.476.